The standard InChI is InChI=1S/C16H20N2O3S/c1-11(2)21-13-5-3-4-12(8-13)9-18-14(19)16(17-15(18)20)6-7-22-10-16/h3-5,8,11H,6-7,9-10H2,1-2H3,(H,17,20). The van der Waals surface area contributed by atoms with Gasteiger partial charge in [0.15, 0.2) is 0 Å². The van der Waals surface area contributed by atoms with Gasteiger partial charge in [-0.15, -0.1) is 0 Å². The van der Waals surface area contributed by atoms with E-state index < -0.39 is 5.54 Å². The van der Waals surface area contributed by atoms with Crippen LogP contribution in [0.5, 0.6) is 5.75 Å². The molecular formula is C16H20N2O3S. The Hall–Kier alpha value is -1.69. The quantitative estimate of drug-likeness (QED) is 0.866. The second-order valence-corrected chi connectivity index (χ2v) is 7.13. The molecule has 3 amide bonds. The maximum absolute atomic E-state index is 12.6. The summed E-state index contributed by atoms with van der Waals surface area (Å²) < 4.78 is 5.66. The fourth-order valence-electron chi connectivity index (χ4n) is 2.82. The first-order valence-corrected chi connectivity index (χ1v) is 8.63. The van der Waals surface area contributed by atoms with E-state index in [4.69, 9.17) is 4.74 Å². The van der Waals surface area contributed by atoms with Crippen molar-refractivity contribution in [1.29, 1.82) is 0 Å². The maximum Gasteiger partial charge on any atom is 0.325 e. The van der Waals surface area contributed by atoms with Gasteiger partial charge in [0.1, 0.15) is 11.3 Å². The number of carbonyl (C=O) groups excluding carboxylic acids is 2. The molecule has 5 nitrogen and oxygen atoms in total. The largest absolute Gasteiger partial charge is 0.491 e. The van der Waals surface area contributed by atoms with E-state index in [1.807, 2.05) is 38.1 Å². The number of carbonyl (C=O) groups is 2. The first-order chi connectivity index (χ1) is 10.5. The van der Waals surface area contributed by atoms with Gasteiger partial charge < -0.3 is 10.1 Å². The topological polar surface area (TPSA) is 58.6 Å². The van der Waals surface area contributed by atoms with Crippen LogP contribution in [0.1, 0.15) is 25.8 Å². The normalized spacial score (nSPS) is 24.4. The molecule has 1 N–H and O–H groups in total. The number of thioether (sulfide) groups is 1. The zero-order valence-electron chi connectivity index (χ0n) is 12.8. The van der Waals surface area contributed by atoms with E-state index in [1.165, 1.54) is 4.90 Å². The van der Waals surface area contributed by atoms with Crippen molar-refractivity contribution in [3.8, 4) is 5.75 Å². The zero-order chi connectivity index (χ0) is 15.7. The summed E-state index contributed by atoms with van der Waals surface area (Å²) in [7, 11) is 0. The minimum Gasteiger partial charge on any atom is -0.491 e. The number of nitrogens with one attached hydrogen (secondary N) is 1. The van der Waals surface area contributed by atoms with E-state index >= 15 is 0 Å². The van der Waals surface area contributed by atoms with Crippen LogP contribution in [0.25, 0.3) is 0 Å². The van der Waals surface area contributed by atoms with E-state index in [0.29, 0.717) is 5.75 Å². The Bertz CT molecular complexity index is 597. The van der Waals surface area contributed by atoms with Crippen molar-refractivity contribution in [2.75, 3.05) is 11.5 Å². The Labute approximate surface area is 134 Å². The summed E-state index contributed by atoms with van der Waals surface area (Å²) in [4.78, 5) is 26.1. The number of ether oxygens (including phenoxy) is 1. The average Bonchev–Trinajstić information content (AvgIpc) is 3.00. The molecule has 2 heterocycles. The summed E-state index contributed by atoms with van der Waals surface area (Å²) in [5.41, 5.74) is 0.220. The third-order valence-electron chi connectivity index (χ3n) is 3.88. The van der Waals surface area contributed by atoms with Crippen molar-refractivity contribution < 1.29 is 14.3 Å². The highest BCUT2D eigenvalue weighted by Crippen LogP contribution is 2.34. The highest BCUT2D eigenvalue weighted by molar-refractivity contribution is 7.99. The highest BCUT2D eigenvalue weighted by Gasteiger charge is 2.52. The van der Waals surface area contributed by atoms with Crippen LogP contribution in [0.3, 0.4) is 0 Å². The SMILES string of the molecule is CC(C)Oc1cccc(CN2C(=O)NC3(CCSC3)C2=O)c1. The fraction of sp³-hybridized carbons (Fsp3) is 0.500. The van der Waals surface area contributed by atoms with Gasteiger partial charge in [-0.2, -0.15) is 11.8 Å². The minimum absolute atomic E-state index is 0.0887. The van der Waals surface area contributed by atoms with Crippen LogP contribution in [-0.2, 0) is 11.3 Å². The smallest absolute Gasteiger partial charge is 0.325 e. The van der Waals surface area contributed by atoms with Crippen LogP contribution < -0.4 is 10.1 Å². The van der Waals surface area contributed by atoms with E-state index in [2.05, 4.69) is 5.32 Å². The predicted molar refractivity (Wildman–Crippen MR) is 86.0 cm³/mol. The van der Waals surface area contributed by atoms with E-state index in [0.717, 1.165) is 23.5 Å². The van der Waals surface area contributed by atoms with Crippen molar-refractivity contribution >= 4 is 23.7 Å². The zero-order valence-corrected chi connectivity index (χ0v) is 13.6. The van der Waals surface area contributed by atoms with Crippen molar-refractivity contribution in [2.24, 2.45) is 0 Å². The van der Waals surface area contributed by atoms with Crippen LogP contribution >= 0.6 is 11.8 Å². The first-order valence-electron chi connectivity index (χ1n) is 7.48. The summed E-state index contributed by atoms with van der Waals surface area (Å²) >= 11 is 1.71. The molecule has 2 aliphatic rings. The van der Waals surface area contributed by atoms with Crippen molar-refractivity contribution in [3.05, 3.63) is 29.8 Å². The minimum atomic E-state index is -0.673. The number of benzene rings is 1. The molecule has 1 aromatic carbocycles. The van der Waals surface area contributed by atoms with Crippen molar-refractivity contribution in [2.45, 2.75) is 38.5 Å². The third-order valence-corrected chi connectivity index (χ3v) is 5.07. The Kier molecular flexibility index (Phi) is 4.04. The molecule has 0 bridgehead atoms. The Morgan fingerprint density at radius 2 is 2.23 bits per heavy atom. The van der Waals surface area contributed by atoms with Gasteiger partial charge in [0, 0.05) is 5.75 Å². The van der Waals surface area contributed by atoms with Crippen LogP contribution in [0, 0.1) is 0 Å². The second kappa shape index (κ2) is 5.83. The molecule has 1 unspecified atom stereocenters. The fourth-order valence-corrected chi connectivity index (χ4v) is 4.15. The van der Waals surface area contributed by atoms with Gasteiger partial charge in [0.2, 0.25) is 0 Å². The Morgan fingerprint density at radius 3 is 2.91 bits per heavy atom. The molecule has 0 radical (unpaired) electrons. The molecule has 0 saturated carbocycles. The van der Waals surface area contributed by atoms with Crippen LogP contribution in [-0.4, -0.2) is 40.0 Å². The van der Waals surface area contributed by atoms with Gasteiger partial charge in [-0.25, -0.2) is 4.79 Å². The molecule has 2 aliphatic heterocycles. The third kappa shape index (κ3) is 2.79. The summed E-state index contributed by atoms with van der Waals surface area (Å²) in [5.74, 6) is 2.24. The first kappa shape index (κ1) is 15.2. The van der Waals surface area contributed by atoms with Crippen LogP contribution in [0.4, 0.5) is 4.79 Å². The summed E-state index contributed by atoms with van der Waals surface area (Å²) in [6, 6.07) is 7.26. The van der Waals surface area contributed by atoms with E-state index in [1.54, 1.807) is 11.8 Å². The van der Waals surface area contributed by atoms with Crippen molar-refractivity contribution in [3.63, 3.8) is 0 Å². The number of amides is 3. The van der Waals surface area contributed by atoms with Gasteiger partial charge >= 0.3 is 6.03 Å². The van der Waals surface area contributed by atoms with Gasteiger partial charge in [0.25, 0.3) is 5.91 Å². The van der Waals surface area contributed by atoms with E-state index in [-0.39, 0.29) is 24.6 Å². The predicted octanol–water partition coefficient (Wildman–Crippen LogP) is 2.40. The lowest BCUT2D eigenvalue weighted by atomic mass is 9.99. The van der Waals surface area contributed by atoms with Gasteiger partial charge in [0.05, 0.1) is 12.6 Å². The van der Waals surface area contributed by atoms with Gasteiger partial charge in [-0.1, -0.05) is 12.1 Å². The monoisotopic (exact) mass is 320 g/mol. The molecule has 6 heteroatoms. The van der Waals surface area contributed by atoms with Crippen molar-refractivity contribution in [1.82, 2.24) is 10.2 Å². The summed E-state index contributed by atoms with van der Waals surface area (Å²) in [6.07, 6.45) is 0.806. The Morgan fingerprint density at radius 1 is 1.41 bits per heavy atom. The molecule has 1 atom stereocenters. The average molecular weight is 320 g/mol. The molecule has 3 rings (SSSR count). The number of imide groups is 1. The highest BCUT2D eigenvalue weighted by atomic mass is 32.2. The lowest BCUT2D eigenvalue weighted by Crippen LogP contribution is -2.46. The molecule has 1 spiro atoms. The number of urea groups is 1. The molecule has 1 aromatic rings. The Balaban J connectivity index is 1.75. The summed E-state index contributed by atoms with van der Waals surface area (Å²) in [5, 5.41) is 2.88. The molecule has 22 heavy (non-hydrogen) atoms. The molecular weight excluding hydrogens is 300 g/mol. The van der Waals surface area contributed by atoms with Crippen LogP contribution in [0.2, 0.25) is 0 Å². The number of hydrogen-bond acceptors (Lipinski definition) is 4. The molecule has 0 aromatic heterocycles. The second-order valence-electron chi connectivity index (χ2n) is 6.02. The number of hydrogen-bond donors (Lipinski definition) is 1. The lowest BCUT2D eigenvalue weighted by molar-refractivity contribution is -0.130. The van der Waals surface area contributed by atoms with Gasteiger partial charge in [-0.05, 0) is 43.7 Å². The molecule has 2 fully saturated rings. The number of rotatable bonds is 4. The lowest BCUT2D eigenvalue weighted by Gasteiger charge is -2.19. The maximum atomic E-state index is 12.6. The summed E-state index contributed by atoms with van der Waals surface area (Å²) in [6.45, 7) is 4.21. The molecule has 2 saturated heterocycles. The number of nitrogens with zero attached hydrogens (tertiary/aromatic N) is 1. The van der Waals surface area contributed by atoms with E-state index in [9.17, 15) is 9.59 Å². The molecule has 118 valence electrons. The van der Waals surface area contributed by atoms with Gasteiger partial charge in [-0.3, -0.25) is 9.69 Å². The molecule has 0 aliphatic carbocycles. The van der Waals surface area contributed by atoms with Crippen LogP contribution in [0.15, 0.2) is 24.3 Å².